The summed E-state index contributed by atoms with van der Waals surface area (Å²) in [5, 5.41) is 0.274. The lowest BCUT2D eigenvalue weighted by Gasteiger charge is -2.10. The van der Waals surface area contributed by atoms with Crippen molar-refractivity contribution in [3.8, 4) is 0 Å². The van der Waals surface area contributed by atoms with E-state index in [9.17, 15) is 13.2 Å². The number of sulfone groups is 1. The maximum absolute atomic E-state index is 12.9. The zero-order chi connectivity index (χ0) is 16.6. The van der Waals surface area contributed by atoms with Gasteiger partial charge < -0.3 is 4.42 Å². The lowest BCUT2D eigenvalue weighted by molar-refractivity contribution is 0.516. The monoisotopic (exact) mass is 328 g/mol. The average Bonchev–Trinajstić information content (AvgIpc) is 2.54. The van der Waals surface area contributed by atoms with Crippen LogP contribution >= 0.6 is 0 Å². The van der Waals surface area contributed by atoms with E-state index in [1.807, 2.05) is 6.92 Å². The predicted octanol–water partition coefficient (Wildman–Crippen LogP) is 3.50. The predicted molar refractivity (Wildman–Crippen MR) is 88.5 cm³/mol. The van der Waals surface area contributed by atoms with Crippen LogP contribution < -0.4 is 5.43 Å². The van der Waals surface area contributed by atoms with E-state index in [-0.39, 0.29) is 20.9 Å². The van der Waals surface area contributed by atoms with E-state index in [1.165, 1.54) is 12.1 Å². The number of rotatable bonds is 3. The van der Waals surface area contributed by atoms with Crippen molar-refractivity contribution >= 4 is 20.8 Å². The van der Waals surface area contributed by atoms with Gasteiger partial charge in [0.05, 0.1) is 10.3 Å². The van der Waals surface area contributed by atoms with Crippen molar-refractivity contribution in [3.63, 3.8) is 0 Å². The molecule has 0 aliphatic heterocycles. The highest BCUT2D eigenvalue weighted by Crippen LogP contribution is 2.25. The van der Waals surface area contributed by atoms with Gasteiger partial charge in [0.1, 0.15) is 11.3 Å². The number of hydrogen-bond acceptors (Lipinski definition) is 4. The average molecular weight is 328 g/mol. The number of fused-ring (bicyclic) bond motifs is 1. The lowest BCUT2D eigenvalue weighted by Crippen LogP contribution is -2.18. The molecule has 118 valence electrons. The fraction of sp³-hybridized carbons (Fsp3) is 0.167. The van der Waals surface area contributed by atoms with Crippen LogP contribution in [-0.2, 0) is 16.3 Å². The molecule has 1 heterocycles. The minimum Gasteiger partial charge on any atom is -0.459 e. The van der Waals surface area contributed by atoms with Gasteiger partial charge in [-0.2, -0.15) is 0 Å². The van der Waals surface area contributed by atoms with E-state index in [0.29, 0.717) is 12.0 Å². The second-order valence-corrected chi connectivity index (χ2v) is 7.24. The van der Waals surface area contributed by atoms with Gasteiger partial charge in [0.25, 0.3) is 0 Å². The first-order valence-electron chi connectivity index (χ1n) is 7.31. The van der Waals surface area contributed by atoms with Crippen molar-refractivity contribution < 1.29 is 12.8 Å². The second kappa shape index (κ2) is 5.66. The molecule has 0 bridgehead atoms. The van der Waals surface area contributed by atoms with Gasteiger partial charge >= 0.3 is 0 Å². The van der Waals surface area contributed by atoms with E-state index in [2.05, 4.69) is 0 Å². The third-order valence-corrected chi connectivity index (χ3v) is 5.59. The van der Waals surface area contributed by atoms with Crippen LogP contribution in [-0.4, -0.2) is 8.42 Å². The van der Waals surface area contributed by atoms with Crippen molar-refractivity contribution in [2.45, 2.75) is 30.1 Å². The molecule has 0 unspecified atom stereocenters. The topological polar surface area (TPSA) is 64.3 Å². The molecule has 0 atom stereocenters. The molecule has 3 rings (SSSR count). The van der Waals surface area contributed by atoms with Crippen molar-refractivity contribution in [3.05, 3.63) is 70.1 Å². The number of benzene rings is 2. The molecular weight excluding hydrogens is 312 g/mol. The maximum atomic E-state index is 12.9. The summed E-state index contributed by atoms with van der Waals surface area (Å²) in [5.41, 5.74) is 0.840. The van der Waals surface area contributed by atoms with Gasteiger partial charge in [0, 0.05) is 6.42 Å². The Labute approximate surface area is 134 Å². The Morgan fingerprint density at radius 2 is 1.65 bits per heavy atom. The van der Waals surface area contributed by atoms with Crippen LogP contribution in [0.4, 0.5) is 0 Å². The molecule has 4 nitrogen and oxygen atoms in total. The van der Waals surface area contributed by atoms with E-state index >= 15 is 0 Å². The molecule has 3 aromatic rings. The summed E-state index contributed by atoms with van der Waals surface area (Å²) in [6, 6.07) is 13.1. The molecule has 0 saturated heterocycles. The summed E-state index contributed by atoms with van der Waals surface area (Å²) in [6.07, 6.45) is 0.320. The standard InChI is InChI=1S/C18H16O4S/c1-3-15-18(17(19)14-6-4-5-7-16(14)22-15)23(20,21)13-10-8-12(2)9-11-13/h4-11H,3H2,1-2H3. The first kappa shape index (κ1) is 15.5. The van der Waals surface area contributed by atoms with E-state index in [1.54, 1.807) is 43.3 Å². The van der Waals surface area contributed by atoms with Gasteiger partial charge in [0.15, 0.2) is 4.90 Å². The third kappa shape index (κ3) is 2.57. The van der Waals surface area contributed by atoms with Crippen LogP contribution in [0.1, 0.15) is 18.2 Å². The Bertz CT molecular complexity index is 1030. The Kier molecular flexibility index (Phi) is 3.82. The first-order chi connectivity index (χ1) is 10.9. The van der Waals surface area contributed by atoms with Crippen LogP contribution in [0, 0.1) is 6.92 Å². The quantitative estimate of drug-likeness (QED) is 0.738. The molecule has 0 N–H and O–H groups in total. The molecule has 0 aliphatic rings. The first-order valence-corrected chi connectivity index (χ1v) is 8.80. The molecule has 0 radical (unpaired) electrons. The van der Waals surface area contributed by atoms with Crippen LogP contribution in [0.25, 0.3) is 11.0 Å². The highest BCUT2D eigenvalue weighted by Gasteiger charge is 2.27. The molecular formula is C18H16O4S. The normalized spacial score (nSPS) is 11.7. The van der Waals surface area contributed by atoms with Crippen LogP contribution in [0.5, 0.6) is 0 Å². The largest absolute Gasteiger partial charge is 0.459 e. The fourth-order valence-electron chi connectivity index (χ4n) is 2.51. The Morgan fingerprint density at radius 1 is 1.00 bits per heavy atom. The van der Waals surface area contributed by atoms with E-state index in [0.717, 1.165) is 5.56 Å². The molecule has 5 heteroatoms. The summed E-state index contributed by atoms with van der Waals surface area (Å²) in [7, 11) is -3.93. The highest BCUT2D eigenvalue weighted by molar-refractivity contribution is 7.91. The summed E-state index contributed by atoms with van der Waals surface area (Å²) in [6.45, 7) is 3.64. The zero-order valence-electron chi connectivity index (χ0n) is 12.9. The maximum Gasteiger partial charge on any atom is 0.213 e. The zero-order valence-corrected chi connectivity index (χ0v) is 13.7. The minimum absolute atomic E-state index is 0.0976. The summed E-state index contributed by atoms with van der Waals surface area (Å²) >= 11 is 0. The molecule has 0 fully saturated rings. The van der Waals surface area contributed by atoms with Gasteiger partial charge in [-0.1, -0.05) is 36.8 Å². The smallest absolute Gasteiger partial charge is 0.213 e. The number of hydrogen-bond donors (Lipinski definition) is 0. The van der Waals surface area contributed by atoms with E-state index < -0.39 is 15.3 Å². The van der Waals surface area contributed by atoms with Crippen LogP contribution in [0.2, 0.25) is 0 Å². The fourth-order valence-corrected chi connectivity index (χ4v) is 4.08. The molecule has 23 heavy (non-hydrogen) atoms. The van der Waals surface area contributed by atoms with Crippen molar-refractivity contribution in [1.82, 2.24) is 0 Å². The minimum atomic E-state index is -3.93. The Hall–Kier alpha value is -2.40. The third-order valence-electron chi connectivity index (χ3n) is 3.75. The summed E-state index contributed by atoms with van der Waals surface area (Å²) < 4.78 is 31.5. The van der Waals surface area contributed by atoms with Gasteiger partial charge in [-0.15, -0.1) is 0 Å². The number of para-hydroxylation sites is 1. The molecule has 0 amide bonds. The molecule has 1 aromatic heterocycles. The number of aryl methyl sites for hydroxylation is 2. The van der Waals surface area contributed by atoms with Crippen molar-refractivity contribution in [2.75, 3.05) is 0 Å². The van der Waals surface area contributed by atoms with Gasteiger partial charge in [-0.25, -0.2) is 8.42 Å². The molecule has 2 aromatic carbocycles. The second-order valence-electron chi connectivity index (χ2n) is 5.35. The SMILES string of the molecule is CCc1oc2ccccc2c(=O)c1S(=O)(=O)c1ccc(C)cc1. The summed E-state index contributed by atoms with van der Waals surface area (Å²) in [4.78, 5) is 12.6. The lowest BCUT2D eigenvalue weighted by atomic mass is 10.2. The highest BCUT2D eigenvalue weighted by atomic mass is 32.2. The van der Waals surface area contributed by atoms with Gasteiger partial charge in [-0.05, 0) is 31.2 Å². The van der Waals surface area contributed by atoms with Crippen molar-refractivity contribution in [2.24, 2.45) is 0 Å². The van der Waals surface area contributed by atoms with Crippen LogP contribution in [0.3, 0.4) is 0 Å². The Morgan fingerprint density at radius 3 is 2.30 bits per heavy atom. The van der Waals surface area contributed by atoms with Gasteiger partial charge in [0.2, 0.25) is 15.3 Å². The summed E-state index contributed by atoms with van der Waals surface area (Å²) in [5.74, 6) is 0.189. The van der Waals surface area contributed by atoms with Gasteiger partial charge in [-0.3, -0.25) is 4.79 Å². The molecule has 0 saturated carbocycles. The molecule has 0 aliphatic carbocycles. The molecule has 0 spiro atoms. The van der Waals surface area contributed by atoms with E-state index in [4.69, 9.17) is 4.42 Å². The Balaban J connectivity index is 2.36. The van der Waals surface area contributed by atoms with Crippen LogP contribution in [0.15, 0.2) is 67.5 Å². The van der Waals surface area contributed by atoms with Crippen molar-refractivity contribution in [1.29, 1.82) is 0 Å².